The van der Waals surface area contributed by atoms with Gasteiger partial charge in [0.25, 0.3) is 0 Å². The van der Waals surface area contributed by atoms with E-state index < -0.39 is 0 Å². The Morgan fingerprint density at radius 1 is 1.31 bits per heavy atom. The first-order chi connectivity index (χ1) is 12.6. The quantitative estimate of drug-likeness (QED) is 0.785. The second-order valence-electron chi connectivity index (χ2n) is 6.63. The smallest absolute Gasteiger partial charge is 0.307 e. The van der Waals surface area contributed by atoms with Gasteiger partial charge in [0.05, 0.1) is 6.04 Å². The Labute approximate surface area is 162 Å². The summed E-state index contributed by atoms with van der Waals surface area (Å²) < 4.78 is 1.65. The topological polar surface area (TPSA) is 54.3 Å². The first-order valence-electron chi connectivity index (χ1n) is 8.96. The summed E-state index contributed by atoms with van der Waals surface area (Å²) in [4.78, 5) is 26.4. The van der Waals surface area contributed by atoms with E-state index in [1.807, 2.05) is 36.6 Å². The molecule has 1 aliphatic heterocycles. The number of aryl methyl sites for hydroxylation is 1. The van der Waals surface area contributed by atoms with Crippen molar-refractivity contribution in [2.75, 3.05) is 19.6 Å². The molecule has 1 aliphatic rings. The summed E-state index contributed by atoms with van der Waals surface area (Å²) in [5.74, 6) is -0.0428. The van der Waals surface area contributed by atoms with Gasteiger partial charge in [0.15, 0.2) is 0 Å². The number of nitrogens with zero attached hydrogens (tertiary/aromatic N) is 2. The Morgan fingerprint density at radius 3 is 2.69 bits per heavy atom. The number of thiazole rings is 1. The van der Waals surface area contributed by atoms with Crippen LogP contribution in [0.1, 0.15) is 36.6 Å². The van der Waals surface area contributed by atoms with Crippen LogP contribution < -0.4 is 10.2 Å². The standard InChI is InChI=1S/C19H24ClN3O2S/c1-14-13-26-19(25)23(14)11-8-18(24)21-12-17(22-9-4-5-10-22)15-6-2-3-7-16(15)20/h2-3,6-7,13,17H,4-5,8-12H2,1H3,(H,21,24)/t17-/m0/s1. The monoisotopic (exact) mass is 393 g/mol. The molecule has 1 aromatic carbocycles. The van der Waals surface area contributed by atoms with Crippen LogP contribution in [0.4, 0.5) is 0 Å². The Morgan fingerprint density at radius 2 is 2.04 bits per heavy atom. The van der Waals surface area contributed by atoms with Crippen molar-refractivity contribution >= 4 is 28.8 Å². The Kier molecular flexibility index (Phi) is 6.51. The number of halogens is 1. The molecule has 0 aliphatic carbocycles. The first-order valence-corrected chi connectivity index (χ1v) is 10.2. The van der Waals surface area contributed by atoms with Crippen LogP contribution in [0, 0.1) is 6.92 Å². The van der Waals surface area contributed by atoms with Crippen LogP contribution >= 0.6 is 22.9 Å². The molecule has 1 saturated heterocycles. The number of likely N-dealkylation sites (tertiary alicyclic amines) is 1. The second-order valence-corrected chi connectivity index (χ2v) is 7.86. The molecule has 140 valence electrons. The molecule has 3 rings (SSSR count). The lowest BCUT2D eigenvalue weighted by Gasteiger charge is -2.29. The van der Waals surface area contributed by atoms with E-state index in [1.54, 1.807) is 4.57 Å². The van der Waals surface area contributed by atoms with E-state index in [9.17, 15) is 9.59 Å². The fraction of sp³-hybridized carbons (Fsp3) is 0.474. The van der Waals surface area contributed by atoms with Crippen molar-refractivity contribution in [3.8, 4) is 0 Å². The molecule has 1 atom stereocenters. The molecule has 1 fully saturated rings. The van der Waals surface area contributed by atoms with Crippen LogP contribution in [0.15, 0.2) is 34.4 Å². The van der Waals surface area contributed by atoms with Crippen molar-refractivity contribution in [2.45, 2.75) is 38.8 Å². The van der Waals surface area contributed by atoms with Crippen LogP contribution in [-0.4, -0.2) is 35.0 Å². The second kappa shape index (κ2) is 8.84. The lowest BCUT2D eigenvalue weighted by Crippen LogP contribution is -2.37. The summed E-state index contributed by atoms with van der Waals surface area (Å²) in [7, 11) is 0. The normalized spacial score (nSPS) is 15.9. The van der Waals surface area contributed by atoms with E-state index in [0.29, 0.717) is 19.5 Å². The van der Waals surface area contributed by atoms with Gasteiger partial charge in [-0.1, -0.05) is 41.1 Å². The highest BCUT2D eigenvalue weighted by atomic mass is 35.5. The van der Waals surface area contributed by atoms with Crippen molar-refractivity contribution in [1.82, 2.24) is 14.8 Å². The molecule has 1 N–H and O–H groups in total. The van der Waals surface area contributed by atoms with Gasteiger partial charge in [0, 0.05) is 35.6 Å². The maximum atomic E-state index is 12.3. The number of aromatic nitrogens is 1. The minimum atomic E-state index is -0.0428. The van der Waals surface area contributed by atoms with Crippen LogP contribution in [0.5, 0.6) is 0 Å². The largest absolute Gasteiger partial charge is 0.354 e. The van der Waals surface area contributed by atoms with Gasteiger partial charge in [-0.3, -0.25) is 14.5 Å². The molecular weight excluding hydrogens is 370 g/mol. The zero-order chi connectivity index (χ0) is 18.5. The van der Waals surface area contributed by atoms with Crippen molar-refractivity contribution in [3.05, 3.63) is 55.6 Å². The molecule has 0 unspecified atom stereocenters. The van der Waals surface area contributed by atoms with Crippen LogP contribution in [0.2, 0.25) is 5.02 Å². The zero-order valence-corrected chi connectivity index (χ0v) is 16.5. The van der Waals surface area contributed by atoms with Gasteiger partial charge < -0.3 is 9.88 Å². The molecule has 2 heterocycles. The number of benzene rings is 1. The molecule has 0 bridgehead atoms. The Balaban J connectivity index is 1.61. The van der Waals surface area contributed by atoms with Crippen molar-refractivity contribution < 1.29 is 4.79 Å². The number of amides is 1. The van der Waals surface area contributed by atoms with Gasteiger partial charge in [-0.05, 0) is 44.5 Å². The third kappa shape index (κ3) is 4.55. The lowest BCUT2D eigenvalue weighted by molar-refractivity contribution is -0.121. The third-order valence-electron chi connectivity index (χ3n) is 4.88. The van der Waals surface area contributed by atoms with Gasteiger partial charge >= 0.3 is 4.87 Å². The molecular formula is C19H24ClN3O2S. The average molecular weight is 394 g/mol. The minimum absolute atomic E-state index is 0.0127. The average Bonchev–Trinajstić information content (AvgIpc) is 3.26. The first kappa shape index (κ1) is 19.1. The number of hydrogen-bond donors (Lipinski definition) is 1. The highest BCUT2D eigenvalue weighted by Crippen LogP contribution is 2.29. The Bertz CT molecular complexity index is 811. The number of rotatable bonds is 7. The van der Waals surface area contributed by atoms with E-state index >= 15 is 0 Å². The Hall–Kier alpha value is -1.63. The summed E-state index contributed by atoms with van der Waals surface area (Å²) in [6.45, 7) is 4.88. The van der Waals surface area contributed by atoms with E-state index in [2.05, 4.69) is 10.2 Å². The van der Waals surface area contributed by atoms with E-state index in [4.69, 9.17) is 11.6 Å². The number of hydrogen-bond acceptors (Lipinski definition) is 4. The maximum Gasteiger partial charge on any atom is 0.307 e. The highest BCUT2D eigenvalue weighted by molar-refractivity contribution is 7.07. The molecule has 0 radical (unpaired) electrons. The lowest BCUT2D eigenvalue weighted by atomic mass is 10.1. The molecule has 5 nitrogen and oxygen atoms in total. The van der Waals surface area contributed by atoms with Gasteiger partial charge in [0.2, 0.25) is 5.91 Å². The van der Waals surface area contributed by atoms with E-state index in [-0.39, 0.29) is 16.8 Å². The molecule has 1 aromatic heterocycles. The van der Waals surface area contributed by atoms with E-state index in [1.165, 1.54) is 24.2 Å². The summed E-state index contributed by atoms with van der Waals surface area (Å²) in [5.41, 5.74) is 1.96. The summed E-state index contributed by atoms with van der Waals surface area (Å²) >= 11 is 7.57. The molecule has 1 amide bonds. The van der Waals surface area contributed by atoms with Crippen molar-refractivity contribution in [1.29, 1.82) is 0 Å². The number of nitrogens with one attached hydrogen (secondary N) is 1. The molecule has 0 spiro atoms. The van der Waals surface area contributed by atoms with Crippen molar-refractivity contribution in [2.24, 2.45) is 0 Å². The van der Waals surface area contributed by atoms with Crippen LogP contribution in [0.3, 0.4) is 0 Å². The van der Waals surface area contributed by atoms with E-state index in [0.717, 1.165) is 29.4 Å². The number of carbonyl (C=O) groups is 1. The summed E-state index contributed by atoms with van der Waals surface area (Å²) in [6.07, 6.45) is 2.65. The van der Waals surface area contributed by atoms with Crippen LogP contribution in [-0.2, 0) is 11.3 Å². The van der Waals surface area contributed by atoms with Gasteiger partial charge in [-0.15, -0.1) is 0 Å². The summed E-state index contributed by atoms with van der Waals surface area (Å²) in [5, 5.41) is 5.59. The predicted octanol–water partition coefficient (Wildman–Crippen LogP) is 3.22. The molecule has 2 aromatic rings. The summed E-state index contributed by atoms with van der Waals surface area (Å²) in [6, 6.07) is 7.92. The van der Waals surface area contributed by atoms with Gasteiger partial charge in [-0.25, -0.2) is 0 Å². The molecule has 0 saturated carbocycles. The zero-order valence-electron chi connectivity index (χ0n) is 14.9. The van der Waals surface area contributed by atoms with Crippen molar-refractivity contribution in [3.63, 3.8) is 0 Å². The SMILES string of the molecule is Cc1csc(=O)n1CCC(=O)NC[C@@H](c1ccccc1Cl)N1CCCC1. The molecule has 26 heavy (non-hydrogen) atoms. The maximum absolute atomic E-state index is 12.3. The molecule has 7 heteroatoms. The van der Waals surface area contributed by atoms with Crippen LogP contribution in [0.25, 0.3) is 0 Å². The van der Waals surface area contributed by atoms with Gasteiger partial charge in [0.1, 0.15) is 0 Å². The van der Waals surface area contributed by atoms with Gasteiger partial charge in [-0.2, -0.15) is 0 Å². The third-order valence-corrected chi connectivity index (χ3v) is 6.10. The highest BCUT2D eigenvalue weighted by Gasteiger charge is 2.25. The fourth-order valence-electron chi connectivity index (χ4n) is 3.42. The predicted molar refractivity (Wildman–Crippen MR) is 106 cm³/mol. The minimum Gasteiger partial charge on any atom is -0.354 e. The number of carbonyl (C=O) groups excluding carboxylic acids is 1. The fourth-order valence-corrected chi connectivity index (χ4v) is 4.44.